The van der Waals surface area contributed by atoms with E-state index in [0.717, 1.165) is 22.4 Å². The Labute approximate surface area is 163 Å². The molecule has 0 fully saturated rings. The predicted octanol–water partition coefficient (Wildman–Crippen LogP) is 3.89. The van der Waals surface area contributed by atoms with Gasteiger partial charge in [-0.1, -0.05) is 54.9 Å². The number of halogens is 1. The lowest BCUT2D eigenvalue weighted by molar-refractivity contribution is -0.131. The summed E-state index contributed by atoms with van der Waals surface area (Å²) in [7, 11) is 1.75. The molecular weight excluding hydrogens is 362 g/mol. The van der Waals surface area contributed by atoms with Crippen molar-refractivity contribution in [3.63, 3.8) is 0 Å². The Morgan fingerprint density at radius 3 is 2.44 bits per heavy atom. The number of carbonyl (C=O) groups is 1. The van der Waals surface area contributed by atoms with Crippen LogP contribution in [0.2, 0.25) is 5.02 Å². The molecular formula is C20H22ClN5O. The number of hydrogen-bond donors (Lipinski definition) is 0. The number of rotatable bonds is 5. The Kier molecular flexibility index (Phi) is 5.56. The van der Waals surface area contributed by atoms with Crippen molar-refractivity contribution in [1.82, 2.24) is 25.1 Å². The number of hydrogen-bond acceptors (Lipinski definition) is 4. The highest BCUT2D eigenvalue weighted by molar-refractivity contribution is 6.31. The maximum absolute atomic E-state index is 12.5. The zero-order valence-corrected chi connectivity index (χ0v) is 16.6. The van der Waals surface area contributed by atoms with Gasteiger partial charge < -0.3 is 4.90 Å². The summed E-state index contributed by atoms with van der Waals surface area (Å²) in [6, 6.07) is 13.0. The van der Waals surface area contributed by atoms with Crippen LogP contribution in [0.25, 0.3) is 5.69 Å². The third-order valence-corrected chi connectivity index (χ3v) is 5.02. The molecule has 0 saturated carbocycles. The van der Waals surface area contributed by atoms with Crippen molar-refractivity contribution < 1.29 is 4.79 Å². The number of para-hydroxylation sites is 1. The van der Waals surface area contributed by atoms with Gasteiger partial charge >= 0.3 is 0 Å². The van der Waals surface area contributed by atoms with Crippen LogP contribution in [0.3, 0.4) is 0 Å². The maximum Gasteiger partial charge on any atom is 0.222 e. The second-order valence-corrected chi connectivity index (χ2v) is 6.88. The van der Waals surface area contributed by atoms with Crippen LogP contribution in [0.15, 0.2) is 42.5 Å². The fraction of sp³-hybridized carbons (Fsp3) is 0.300. The number of aryl methyl sites for hydroxylation is 2. The molecule has 0 aliphatic heterocycles. The van der Waals surface area contributed by atoms with Crippen LogP contribution in [0.1, 0.15) is 41.9 Å². The van der Waals surface area contributed by atoms with Crippen LogP contribution in [0.4, 0.5) is 0 Å². The molecule has 3 aromatic rings. The fourth-order valence-corrected chi connectivity index (χ4v) is 3.51. The molecule has 0 aliphatic carbocycles. The lowest BCUT2D eigenvalue weighted by Crippen LogP contribution is -2.33. The molecule has 0 N–H and O–H groups in total. The quantitative estimate of drug-likeness (QED) is 0.670. The minimum Gasteiger partial charge on any atom is -0.331 e. The van der Waals surface area contributed by atoms with Crippen molar-refractivity contribution in [1.29, 1.82) is 0 Å². The third-order valence-electron chi connectivity index (χ3n) is 4.67. The van der Waals surface area contributed by atoms with E-state index < -0.39 is 6.04 Å². The second kappa shape index (κ2) is 7.88. The molecule has 1 atom stereocenters. The number of carbonyl (C=O) groups excluding carboxylic acids is 1. The van der Waals surface area contributed by atoms with E-state index >= 15 is 0 Å². The van der Waals surface area contributed by atoms with Crippen LogP contribution in [-0.4, -0.2) is 38.1 Å². The van der Waals surface area contributed by atoms with Gasteiger partial charge in [-0.25, -0.2) is 0 Å². The van der Waals surface area contributed by atoms with Crippen molar-refractivity contribution in [2.24, 2.45) is 0 Å². The number of amides is 1. The lowest BCUT2D eigenvalue weighted by atomic mass is 10.0. The Hall–Kier alpha value is -2.73. The molecule has 0 saturated heterocycles. The topological polar surface area (TPSA) is 63.9 Å². The van der Waals surface area contributed by atoms with Crippen LogP contribution in [-0.2, 0) is 4.79 Å². The molecule has 0 unspecified atom stereocenters. The zero-order valence-electron chi connectivity index (χ0n) is 15.8. The number of tetrazole rings is 1. The monoisotopic (exact) mass is 383 g/mol. The van der Waals surface area contributed by atoms with Crippen molar-refractivity contribution in [3.05, 3.63) is 70.0 Å². The Morgan fingerprint density at radius 1 is 1.15 bits per heavy atom. The van der Waals surface area contributed by atoms with E-state index in [0.29, 0.717) is 17.3 Å². The lowest BCUT2D eigenvalue weighted by Gasteiger charge is -2.28. The Morgan fingerprint density at radius 2 is 1.81 bits per heavy atom. The maximum atomic E-state index is 12.5. The summed E-state index contributed by atoms with van der Waals surface area (Å²) in [6.07, 6.45) is 0.377. The van der Waals surface area contributed by atoms with E-state index in [-0.39, 0.29) is 5.91 Å². The van der Waals surface area contributed by atoms with E-state index in [4.69, 9.17) is 11.6 Å². The van der Waals surface area contributed by atoms with E-state index in [9.17, 15) is 4.79 Å². The molecule has 7 heteroatoms. The summed E-state index contributed by atoms with van der Waals surface area (Å²) in [5, 5.41) is 13.0. The van der Waals surface area contributed by atoms with Crippen molar-refractivity contribution in [2.75, 3.05) is 7.05 Å². The van der Waals surface area contributed by atoms with Crippen molar-refractivity contribution >= 4 is 17.5 Å². The molecule has 2 aromatic carbocycles. The highest BCUT2D eigenvalue weighted by Crippen LogP contribution is 2.33. The summed E-state index contributed by atoms with van der Waals surface area (Å²) in [4.78, 5) is 14.2. The summed E-state index contributed by atoms with van der Waals surface area (Å²) >= 11 is 6.47. The minimum absolute atomic E-state index is 0.0176. The van der Waals surface area contributed by atoms with E-state index in [1.54, 1.807) is 22.7 Å². The summed E-state index contributed by atoms with van der Waals surface area (Å²) in [6.45, 7) is 5.86. The van der Waals surface area contributed by atoms with Crippen LogP contribution >= 0.6 is 11.6 Å². The van der Waals surface area contributed by atoms with Gasteiger partial charge in [0.2, 0.25) is 5.91 Å². The first-order valence-electron chi connectivity index (χ1n) is 8.80. The Bertz CT molecular complexity index is 948. The van der Waals surface area contributed by atoms with Crippen LogP contribution < -0.4 is 0 Å². The van der Waals surface area contributed by atoms with Gasteiger partial charge in [0.1, 0.15) is 6.04 Å². The van der Waals surface area contributed by atoms with Gasteiger partial charge in [-0.3, -0.25) is 4.79 Å². The minimum atomic E-state index is -0.500. The second-order valence-electron chi connectivity index (χ2n) is 6.47. The number of aromatic nitrogens is 4. The average Bonchev–Trinajstić information content (AvgIpc) is 3.11. The highest BCUT2D eigenvalue weighted by Gasteiger charge is 2.30. The van der Waals surface area contributed by atoms with Gasteiger partial charge in [0.15, 0.2) is 5.82 Å². The van der Waals surface area contributed by atoms with Gasteiger partial charge in [0.05, 0.1) is 5.69 Å². The number of benzene rings is 2. The number of nitrogens with zero attached hydrogens (tertiary/aromatic N) is 5. The van der Waals surface area contributed by atoms with Gasteiger partial charge in [-0.2, -0.15) is 4.68 Å². The molecule has 1 aromatic heterocycles. The molecule has 27 heavy (non-hydrogen) atoms. The first kappa shape index (κ1) is 19.0. The molecule has 0 spiro atoms. The molecule has 0 aliphatic rings. The van der Waals surface area contributed by atoms with Crippen molar-refractivity contribution in [2.45, 2.75) is 33.2 Å². The van der Waals surface area contributed by atoms with Gasteiger partial charge in [0.25, 0.3) is 0 Å². The molecule has 1 heterocycles. The van der Waals surface area contributed by atoms with Gasteiger partial charge in [0, 0.05) is 24.1 Å². The standard InChI is InChI=1S/C20H22ClN5O/c1-5-17(27)25(4)19(15-11-6-7-12-16(15)21)20-22-23-24-26(20)18-13(2)9-8-10-14(18)3/h6-12,19H,5H2,1-4H3/t19-/m1/s1. The molecule has 3 rings (SSSR count). The molecule has 1 amide bonds. The first-order chi connectivity index (χ1) is 13.0. The first-order valence-corrected chi connectivity index (χ1v) is 9.18. The third kappa shape index (κ3) is 3.57. The SMILES string of the molecule is CCC(=O)N(C)[C@H](c1ccccc1Cl)c1nnnn1-c1c(C)cccc1C. The summed E-state index contributed by atoms with van der Waals surface area (Å²) in [5.41, 5.74) is 3.79. The largest absolute Gasteiger partial charge is 0.331 e. The van der Waals surface area contributed by atoms with Gasteiger partial charge in [-0.15, -0.1) is 5.10 Å². The molecule has 0 bridgehead atoms. The summed E-state index contributed by atoms with van der Waals surface area (Å²) in [5.74, 6) is 0.528. The molecule has 6 nitrogen and oxygen atoms in total. The predicted molar refractivity (Wildman–Crippen MR) is 105 cm³/mol. The van der Waals surface area contributed by atoms with Crippen LogP contribution in [0, 0.1) is 13.8 Å². The molecule has 140 valence electrons. The van der Waals surface area contributed by atoms with E-state index in [2.05, 4.69) is 15.5 Å². The fourth-order valence-electron chi connectivity index (χ4n) is 3.27. The zero-order chi connectivity index (χ0) is 19.6. The highest BCUT2D eigenvalue weighted by atomic mass is 35.5. The van der Waals surface area contributed by atoms with Crippen molar-refractivity contribution in [3.8, 4) is 5.69 Å². The van der Waals surface area contributed by atoms with E-state index in [1.807, 2.05) is 57.2 Å². The van der Waals surface area contributed by atoms with E-state index in [1.165, 1.54) is 0 Å². The van der Waals surface area contributed by atoms with Gasteiger partial charge in [-0.05, 0) is 41.5 Å². The summed E-state index contributed by atoms with van der Waals surface area (Å²) < 4.78 is 1.71. The Balaban J connectivity index is 2.23. The molecule has 0 radical (unpaired) electrons. The smallest absolute Gasteiger partial charge is 0.222 e. The van der Waals surface area contributed by atoms with Crippen LogP contribution in [0.5, 0.6) is 0 Å². The normalized spacial score (nSPS) is 12.0. The average molecular weight is 384 g/mol.